The highest BCUT2D eigenvalue weighted by Gasteiger charge is 2.22. The molecule has 0 bridgehead atoms. The highest BCUT2D eigenvalue weighted by molar-refractivity contribution is 6.29. The van der Waals surface area contributed by atoms with Crippen LogP contribution in [0.4, 0.5) is 13.2 Å². The van der Waals surface area contributed by atoms with Crippen LogP contribution in [-0.2, 0) is 0 Å². The Bertz CT molecular complexity index is 3420. The van der Waals surface area contributed by atoms with Crippen molar-refractivity contribution in [3.63, 3.8) is 0 Å². The summed E-state index contributed by atoms with van der Waals surface area (Å²) in [6, 6.07) is 61.2. The van der Waals surface area contributed by atoms with Crippen LogP contribution in [0.1, 0.15) is 0 Å². The van der Waals surface area contributed by atoms with Crippen molar-refractivity contribution in [2.75, 3.05) is 0 Å². The standard InChI is InChI=1S/C54H31F3/c55-38-19-13-32(14-20-38)34-18-25-48-51(28-34)53(49-30-36-7-1-2-8-41(36)43-9-3-5-11-45(43)49)47-24-17-35(33-15-21-39(56)22-16-33)29-52(47)54(48)50-31-37-27-40(57)23-26-42(37)44-10-4-6-12-46(44)50/h1-31H. The van der Waals surface area contributed by atoms with E-state index in [0.717, 1.165) is 104 Å². The zero-order valence-corrected chi connectivity index (χ0v) is 30.5. The molecule has 57 heavy (non-hydrogen) atoms. The third-order valence-corrected chi connectivity index (χ3v) is 11.6. The molecule has 3 heteroatoms. The zero-order valence-electron chi connectivity index (χ0n) is 30.5. The van der Waals surface area contributed by atoms with Gasteiger partial charge in [0.2, 0.25) is 0 Å². The molecule has 268 valence electrons. The van der Waals surface area contributed by atoms with Crippen LogP contribution in [0.25, 0.3) is 109 Å². The largest absolute Gasteiger partial charge is 0.207 e. The second-order valence-electron chi connectivity index (χ2n) is 14.8. The maximum Gasteiger partial charge on any atom is 0.123 e. The van der Waals surface area contributed by atoms with Crippen molar-refractivity contribution < 1.29 is 13.2 Å². The Hall–Kier alpha value is -7.23. The third kappa shape index (κ3) is 5.38. The Morgan fingerprint density at radius 3 is 1.14 bits per heavy atom. The number of hydrogen-bond donors (Lipinski definition) is 0. The average molecular weight is 737 g/mol. The highest BCUT2D eigenvalue weighted by Crippen LogP contribution is 2.50. The van der Waals surface area contributed by atoms with E-state index in [1.54, 1.807) is 6.07 Å². The molecular formula is C54H31F3. The van der Waals surface area contributed by atoms with Crippen LogP contribution in [0, 0.1) is 17.5 Å². The highest BCUT2D eigenvalue weighted by atomic mass is 19.1. The van der Waals surface area contributed by atoms with Gasteiger partial charge in [0.05, 0.1) is 0 Å². The van der Waals surface area contributed by atoms with E-state index in [9.17, 15) is 8.78 Å². The molecule has 0 atom stereocenters. The van der Waals surface area contributed by atoms with Crippen molar-refractivity contribution in [2.45, 2.75) is 0 Å². The molecule has 0 unspecified atom stereocenters. The average Bonchev–Trinajstić information content (AvgIpc) is 3.25. The molecule has 0 aliphatic heterocycles. The smallest absolute Gasteiger partial charge is 0.123 e. The fourth-order valence-electron chi connectivity index (χ4n) is 9.00. The van der Waals surface area contributed by atoms with Crippen molar-refractivity contribution in [1.82, 2.24) is 0 Å². The van der Waals surface area contributed by atoms with E-state index in [4.69, 9.17) is 0 Å². The summed E-state index contributed by atoms with van der Waals surface area (Å²) >= 11 is 0. The van der Waals surface area contributed by atoms with Gasteiger partial charge < -0.3 is 0 Å². The van der Waals surface area contributed by atoms with Crippen molar-refractivity contribution in [3.05, 3.63) is 206 Å². The molecule has 0 saturated carbocycles. The van der Waals surface area contributed by atoms with Crippen LogP contribution >= 0.6 is 0 Å². The molecule has 0 heterocycles. The van der Waals surface area contributed by atoms with Crippen molar-refractivity contribution in [3.8, 4) is 44.5 Å². The molecule has 11 rings (SSSR count). The molecule has 0 radical (unpaired) electrons. The van der Waals surface area contributed by atoms with Crippen molar-refractivity contribution in [2.24, 2.45) is 0 Å². The van der Waals surface area contributed by atoms with Gasteiger partial charge in [-0.15, -0.1) is 0 Å². The molecule has 0 aromatic heterocycles. The number of hydrogen-bond acceptors (Lipinski definition) is 0. The van der Waals surface area contributed by atoms with Gasteiger partial charge in [-0.25, -0.2) is 13.2 Å². The first-order valence-electron chi connectivity index (χ1n) is 19.1. The second-order valence-corrected chi connectivity index (χ2v) is 14.8. The molecule has 0 spiro atoms. The van der Waals surface area contributed by atoms with Gasteiger partial charge in [0.15, 0.2) is 0 Å². The van der Waals surface area contributed by atoms with Gasteiger partial charge in [0.25, 0.3) is 0 Å². The monoisotopic (exact) mass is 736 g/mol. The number of benzene rings is 11. The van der Waals surface area contributed by atoms with E-state index >= 15 is 4.39 Å². The van der Waals surface area contributed by atoms with E-state index in [1.165, 1.54) is 35.7 Å². The van der Waals surface area contributed by atoms with Crippen molar-refractivity contribution >= 4 is 64.6 Å². The Kier molecular flexibility index (Phi) is 7.52. The summed E-state index contributed by atoms with van der Waals surface area (Å²) in [7, 11) is 0. The Morgan fingerprint density at radius 2 is 0.614 bits per heavy atom. The van der Waals surface area contributed by atoms with E-state index in [0.29, 0.717) is 0 Å². The maximum atomic E-state index is 15.0. The summed E-state index contributed by atoms with van der Waals surface area (Å²) in [5.74, 6) is -0.865. The van der Waals surface area contributed by atoms with E-state index in [1.807, 2.05) is 36.4 Å². The predicted octanol–water partition coefficient (Wildman–Crippen LogP) is 15.7. The molecule has 11 aromatic carbocycles. The summed E-state index contributed by atoms with van der Waals surface area (Å²) in [4.78, 5) is 0. The van der Waals surface area contributed by atoms with Crippen LogP contribution < -0.4 is 0 Å². The van der Waals surface area contributed by atoms with Gasteiger partial charge in [0.1, 0.15) is 17.5 Å². The minimum Gasteiger partial charge on any atom is -0.207 e. The van der Waals surface area contributed by atoms with Gasteiger partial charge in [-0.1, -0.05) is 127 Å². The molecule has 0 N–H and O–H groups in total. The van der Waals surface area contributed by atoms with E-state index in [2.05, 4.69) is 115 Å². The fraction of sp³-hybridized carbons (Fsp3) is 0. The first-order valence-corrected chi connectivity index (χ1v) is 19.1. The lowest BCUT2D eigenvalue weighted by Gasteiger charge is -2.22. The first-order chi connectivity index (χ1) is 28.0. The van der Waals surface area contributed by atoms with Gasteiger partial charge in [-0.05, 0) is 170 Å². The maximum absolute atomic E-state index is 15.0. The lowest BCUT2D eigenvalue weighted by Crippen LogP contribution is -1.95. The van der Waals surface area contributed by atoms with Gasteiger partial charge in [-0.3, -0.25) is 0 Å². The number of rotatable bonds is 4. The summed E-state index contributed by atoms with van der Waals surface area (Å²) < 4.78 is 43.5. The van der Waals surface area contributed by atoms with E-state index < -0.39 is 0 Å². The number of halogens is 3. The summed E-state index contributed by atoms with van der Waals surface area (Å²) in [6.45, 7) is 0. The Labute approximate surface area is 326 Å². The van der Waals surface area contributed by atoms with Gasteiger partial charge in [-0.2, -0.15) is 0 Å². The van der Waals surface area contributed by atoms with Crippen LogP contribution in [-0.4, -0.2) is 0 Å². The van der Waals surface area contributed by atoms with Crippen LogP contribution in [0.5, 0.6) is 0 Å². The van der Waals surface area contributed by atoms with Crippen LogP contribution in [0.15, 0.2) is 188 Å². The lowest BCUT2D eigenvalue weighted by molar-refractivity contribution is 0.627. The van der Waals surface area contributed by atoms with Gasteiger partial charge in [0, 0.05) is 0 Å². The zero-order chi connectivity index (χ0) is 38.2. The molecule has 11 aromatic rings. The molecule has 0 amide bonds. The van der Waals surface area contributed by atoms with E-state index in [-0.39, 0.29) is 17.5 Å². The minimum atomic E-state index is -0.292. The molecule has 0 aliphatic rings. The normalized spacial score (nSPS) is 11.8. The van der Waals surface area contributed by atoms with Crippen molar-refractivity contribution in [1.29, 1.82) is 0 Å². The molecule has 0 aliphatic carbocycles. The van der Waals surface area contributed by atoms with Crippen LogP contribution in [0.2, 0.25) is 0 Å². The van der Waals surface area contributed by atoms with Crippen LogP contribution in [0.3, 0.4) is 0 Å². The second kappa shape index (κ2) is 12.9. The lowest BCUT2D eigenvalue weighted by atomic mass is 9.81. The summed E-state index contributed by atoms with van der Waals surface area (Å²) in [5.41, 5.74) is 7.92. The minimum absolute atomic E-state index is 0.285. The molecule has 0 saturated heterocycles. The van der Waals surface area contributed by atoms with Gasteiger partial charge >= 0.3 is 0 Å². The topological polar surface area (TPSA) is 0 Å². The Balaban J connectivity index is 1.36. The predicted molar refractivity (Wildman–Crippen MR) is 233 cm³/mol. The first kappa shape index (κ1) is 33.1. The third-order valence-electron chi connectivity index (χ3n) is 11.6. The molecule has 0 fully saturated rings. The quantitative estimate of drug-likeness (QED) is 0.125. The Morgan fingerprint density at radius 1 is 0.228 bits per heavy atom. The fourth-order valence-corrected chi connectivity index (χ4v) is 9.00. The summed E-state index contributed by atoms with van der Waals surface area (Å²) in [6.07, 6.45) is 0. The molecule has 0 nitrogen and oxygen atoms in total. The number of fused-ring (bicyclic) bond motifs is 8. The summed E-state index contributed by atoms with van der Waals surface area (Å²) in [5, 5.41) is 12.6. The SMILES string of the molecule is Fc1ccc(-c2ccc3c(-c4cc5cc(F)ccc5c5ccccc45)c4cc(-c5ccc(F)cc5)ccc4c(-c4cc5ccccc5c5ccccc45)c3c2)cc1. The molecular weight excluding hydrogens is 706 g/mol.